The smallest absolute Gasteiger partial charge is 0.325 e. The monoisotopic (exact) mass is 732 g/mol. The molecule has 1 aliphatic heterocycles. The van der Waals surface area contributed by atoms with Gasteiger partial charge in [-0.1, -0.05) is 31.9 Å². The zero-order valence-corrected chi connectivity index (χ0v) is 29.5. The minimum Gasteiger partial charge on any atom is -0.508 e. The van der Waals surface area contributed by atoms with Crippen molar-refractivity contribution in [3.63, 3.8) is 0 Å². The molecule has 14 N–H and O–H groups in total. The van der Waals surface area contributed by atoms with Crippen LogP contribution < -0.4 is 44.2 Å². The molecular formula is C33H52N10O9. The average molecular weight is 733 g/mol. The molecule has 1 saturated heterocycles. The first-order chi connectivity index (χ1) is 24.5. The van der Waals surface area contributed by atoms with Gasteiger partial charge in [-0.15, -0.1) is 0 Å². The molecule has 6 atom stereocenters. The van der Waals surface area contributed by atoms with Gasteiger partial charge in [-0.05, 0) is 56.7 Å². The van der Waals surface area contributed by atoms with Crippen molar-refractivity contribution in [3.8, 4) is 5.75 Å². The van der Waals surface area contributed by atoms with Crippen molar-refractivity contribution in [1.29, 1.82) is 0 Å². The lowest BCUT2D eigenvalue weighted by molar-refractivity contribution is -0.142. The predicted molar refractivity (Wildman–Crippen MR) is 189 cm³/mol. The summed E-state index contributed by atoms with van der Waals surface area (Å²) in [4.78, 5) is 95.5. The summed E-state index contributed by atoms with van der Waals surface area (Å²) < 4.78 is 0. The summed E-state index contributed by atoms with van der Waals surface area (Å²) in [6.45, 7) is 3.51. The number of phenols is 1. The van der Waals surface area contributed by atoms with Crippen molar-refractivity contribution in [2.45, 2.75) is 108 Å². The second-order valence-corrected chi connectivity index (χ2v) is 12.7. The number of carboxylic acids is 1. The molecule has 6 amide bonds. The van der Waals surface area contributed by atoms with E-state index in [4.69, 9.17) is 22.9 Å². The van der Waals surface area contributed by atoms with Gasteiger partial charge in [0.15, 0.2) is 5.96 Å². The Morgan fingerprint density at radius 1 is 0.885 bits per heavy atom. The number of benzene rings is 1. The van der Waals surface area contributed by atoms with Crippen LogP contribution in [0, 0.1) is 0 Å². The van der Waals surface area contributed by atoms with Crippen LogP contribution in [0.3, 0.4) is 0 Å². The Morgan fingerprint density at radius 3 is 2.12 bits per heavy atom. The Labute approximate surface area is 301 Å². The van der Waals surface area contributed by atoms with E-state index in [1.165, 1.54) is 36.1 Å². The standard InChI is InChI=1S/C33H52N10O9/c1-3-4-7-21(34)27(46)40-22(8-5-14-38-33(36)37)31(50)43-15-6-9-25(43)30(49)42-23(16-19-10-12-20(44)13-11-19)29(48)41-24(17-26(35)45)28(47)39-18(2)32(51)52/h10-13,18,21-25,44H,3-9,14-17,34H2,1-2H3,(H2,35,45)(H,39,47)(H,40,46)(H,41,48)(H,42,49)(H,51,52)(H4,36,37,38)/t18-,21-,22-,23-,24-,25-/m0/s1. The van der Waals surface area contributed by atoms with Crippen LogP contribution in [-0.4, -0.2) is 112 Å². The van der Waals surface area contributed by atoms with Gasteiger partial charge in [-0.2, -0.15) is 0 Å². The molecule has 52 heavy (non-hydrogen) atoms. The quantitative estimate of drug-likeness (QED) is 0.0354. The third-order valence-electron chi connectivity index (χ3n) is 8.38. The maximum atomic E-state index is 13.9. The molecule has 1 aromatic rings. The fourth-order valence-corrected chi connectivity index (χ4v) is 5.50. The molecule has 0 aromatic heterocycles. The number of phenolic OH excluding ortho intramolecular Hbond substituents is 1. The van der Waals surface area contributed by atoms with Crippen LogP contribution >= 0.6 is 0 Å². The molecule has 0 unspecified atom stereocenters. The van der Waals surface area contributed by atoms with Crippen molar-refractivity contribution in [2.24, 2.45) is 27.9 Å². The van der Waals surface area contributed by atoms with Gasteiger partial charge >= 0.3 is 5.97 Å². The largest absolute Gasteiger partial charge is 0.508 e. The van der Waals surface area contributed by atoms with E-state index >= 15 is 0 Å². The van der Waals surface area contributed by atoms with Gasteiger partial charge in [0.25, 0.3) is 0 Å². The number of primary amides is 1. The Bertz CT molecular complexity index is 1450. The maximum absolute atomic E-state index is 13.9. The highest BCUT2D eigenvalue weighted by Gasteiger charge is 2.39. The summed E-state index contributed by atoms with van der Waals surface area (Å²) in [5.41, 5.74) is 22.7. The minimum atomic E-state index is -1.58. The summed E-state index contributed by atoms with van der Waals surface area (Å²) in [6, 6.07) is -1.50. The molecule has 0 spiro atoms. The number of amides is 6. The second-order valence-electron chi connectivity index (χ2n) is 12.7. The number of unbranched alkanes of at least 4 members (excludes halogenated alkanes) is 1. The first-order valence-electron chi connectivity index (χ1n) is 17.2. The van der Waals surface area contributed by atoms with E-state index < -0.39 is 84.1 Å². The van der Waals surface area contributed by atoms with Gasteiger partial charge in [0.1, 0.15) is 36.0 Å². The number of aliphatic carboxylic acids is 1. The topological polar surface area (TPSA) is 328 Å². The average Bonchev–Trinajstić information content (AvgIpc) is 3.58. The Hall–Kier alpha value is -5.46. The number of hydrogen-bond donors (Lipinski definition) is 10. The molecule has 0 aliphatic carbocycles. The number of aliphatic imine (C=N–C) groups is 1. The minimum absolute atomic E-state index is 0.0501. The van der Waals surface area contributed by atoms with E-state index in [-0.39, 0.29) is 44.1 Å². The molecule has 1 fully saturated rings. The number of nitrogens with two attached hydrogens (primary N) is 4. The van der Waals surface area contributed by atoms with Crippen LogP contribution in [0.15, 0.2) is 29.3 Å². The van der Waals surface area contributed by atoms with Gasteiger partial charge in [0.2, 0.25) is 35.4 Å². The van der Waals surface area contributed by atoms with Crippen molar-refractivity contribution in [3.05, 3.63) is 29.8 Å². The van der Waals surface area contributed by atoms with Gasteiger partial charge in [-0.25, -0.2) is 0 Å². The number of carboxylic acid groups (broad SMARTS) is 1. The molecule has 19 nitrogen and oxygen atoms in total. The summed E-state index contributed by atoms with van der Waals surface area (Å²) in [7, 11) is 0. The molecule has 288 valence electrons. The highest BCUT2D eigenvalue weighted by Crippen LogP contribution is 2.21. The molecule has 1 aromatic carbocycles. The Kier molecular flexibility index (Phi) is 17.3. The summed E-state index contributed by atoms with van der Waals surface area (Å²) in [6.07, 6.45) is 2.26. The zero-order chi connectivity index (χ0) is 39.0. The summed E-state index contributed by atoms with van der Waals surface area (Å²) in [5.74, 6) is -6.17. The number of aromatic hydroxyl groups is 1. The van der Waals surface area contributed by atoms with Crippen LogP contribution in [-0.2, 0) is 40.0 Å². The Balaban J connectivity index is 2.34. The number of likely N-dealkylation sites (tertiary alicyclic amines) is 1. The third-order valence-corrected chi connectivity index (χ3v) is 8.38. The van der Waals surface area contributed by atoms with Crippen molar-refractivity contribution in [1.82, 2.24) is 26.2 Å². The van der Waals surface area contributed by atoms with E-state index in [9.17, 15) is 43.8 Å². The van der Waals surface area contributed by atoms with E-state index in [0.717, 1.165) is 6.42 Å². The number of carbonyl (C=O) groups is 7. The van der Waals surface area contributed by atoms with Crippen molar-refractivity contribution in [2.75, 3.05) is 13.1 Å². The highest BCUT2D eigenvalue weighted by molar-refractivity contribution is 5.97. The number of rotatable bonds is 21. The predicted octanol–water partition coefficient (Wildman–Crippen LogP) is -2.58. The summed E-state index contributed by atoms with van der Waals surface area (Å²) >= 11 is 0. The molecule has 1 aliphatic rings. The lowest BCUT2D eigenvalue weighted by Crippen LogP contribution is -2.59. The number of hydrogen-bond acceptors (Lipinski definition) is 10. The van der Waals surface area contributed by atoms with Gasteiger partial charge in [-0.3, -0.25) is 38.6 Å². The molecule has 0 radical (unpaired) electrons. The molecule has 0 bridgehead atoms. The highest BCUT2D eigenvalue weighted by atomic mass is 16.4. The fraction of sp³-hybridized carbons (Fsp3) is 0.576. The lowest BCUT2D eigenvalue weighted by atomic mass is 10.0. The Morgan fingerprint density at radius 2 is 1.52 bits per heavy atom. The van der Waals surface area contributed by atoms with E-state index in [0.29, 0.717) is 31.2 Å². The zero-order valence-electron chi connectivity index (χ0n) is 29.5. The normalized spacial score (nSPS) is 16.7. The van der Waals surface area contributed by atoms with Crippen LogP contribution in [0.25, 0.3) is 0 Å². The van der Waals surface area contributed by atoms with Gasteiger partial charge in [0.05, 0.1) is 12.5 Å². The molecule has 19 heteroatoms. The number of nitrogens with one attached hydrogen (secondary N) is 4. The van der Waals surface area contributed by atoms with Gasteiger partial charge < -0.3 is 59.3 Å². The van der Waals surface area contributed by atoms with Crippen molar-refractivity contribution < 1.29 is 43.8 Å². The maximum Gasteiger partial charge on any atom is 0.325 e. The third kappa shape index (κ3) is 14.0. The fourth-order valence-electron chi connectivity index (χ4n) is 5.50. The first-order valence-corrected chi connectivity index (χ1v) is 17.2. The van der Waals surface area contributed by atoms with E-state index in [2.05, 4.69) is 26.3 Å². The van der Waals surface area contributed by atoms with Gasteiger partial charge in [0, 0.05) is 19.5 Å². The number of guanidine groups is 1. The van der Waals surface area contributed by atoms with E-state index in [1.807, 2.05) is 6.92 Å². The molecule has 0 saturated carbocycles. The van der Waals surface area contributed by atoms with Crippen LogP contribution in [0.2, 0.25) is 0 Å². The van der Waals surface area contributed by atoms with Crippen LogP contribution in [0.5, 0.6) is 5.75 Å². The lowest BCUT2D eigenvalue weighted by Gasteiger charge is -2.30. The first kappa shape index (κ1) is 42.7. The second kappa shape index (κ2) is 21.0. The SMILES string of the molecule is CCCC[C@H](N)C(=O)N[C@@H](CCCN=C(N)N)C(=O)N1CCC[C@H]1C(=O)N[C@@H](Cc1ccc(O)cc1)C(=O)N[C@@H](CC(N)=O)C(=O)N[C@@H](C)C(=O)O. The van der Waals surface area contributed by atoms with Crippen molar-refractivity contribution >= 4 is 47.4 Å². The number of carbonyl (C=O) groups excluding carboxylic acids is 6. The molecule has 1 heterocycles. The van der Waals surface area contributed by atoms with E-state index in [1.54, 1.807) is 0 Å². The van der Waals surface area contributed by atoms with Crippen LogP contribution in [0.1, 0.15) is 70.8 Å². The van der Waals surface area contributed by atoms with Crippen LogP contribution in [0.4, 0.5) is 0 Å². The molecule has 2 rings (SSSR count). The summed E-state index contributed by atoms with van der Waals surface area (Å²) in [5, 5.41) is 28.8. The molecular weight excluding hydrogens is 680 g/mol. The number of nitrogens with zero attached hydrogens (tertiary/aromatic N) is 2.